The zero-order valence-corrected chi connectivity index (χ0v) is 15.2. The van der Waals surface area contributed by atoms with E-state index in [0.717, 1.165) is 10.8 Å². The van der Waals surface area contributed by atoms with Gasteiger partial charge in [0.25, 0.3) is 5.91 Å². The highest BCUT2D eigenvalue weighted by Crippen LogP contribution is 2.16. The first-order chi connectivity index (χ1) is 12.4. The molecular weight excluding hydrogens is 334 g/mol. The maximum Gasteiger partial charge on any atom is 0.338 e. The molecule has 0 aliphatic heterocycles. The lowest BCUT2D eigenvalue weighted by Gasteiger charge is -2.18. The van der Waals surface area contributed by atoms with E-state index in [1.807, 2.05) is 44.2 Å². The van der Waals surface area contributed by atoms with Gasteiger partial charge in [-0.1, -0.05) is 44.2 Å². The maximum atomic E-state index is 12.2. The van der Waals surface area contributed by atoms with Gasteiger partial charge in [-0.05, 0) is 35.2 Å². The lowest BCUT2D eigenvalue weighted by atomic mass is 10.0. The molecule has 0 heterocycles. The molecule has 0 radical (unpaired) electrons. The van der Waals surface area contributed by atoms with Crippen molar-refractivity contribution < 1.29 is 23.9 Å². The van der Waals surface area contributed by atoms with E-state index in [9.17, 15) is 14.4 Å². The molecule has 1 N–H and O–H groups in total. The fraction of sp³-hybridized carbons (Fsp3) is 0.350. The Labute approximate surface area is 152 Å². The maximum absolute atomic E-state index is 12.2. The van der Waals surface area contributed by atoms with E-state index in [1.54, 1.807) is 12.1 Å². The fourth-order valence-electron chi connectivity index (χ4n) is 2.59. The second-order valence-corrected chi connectivity index (χ2v) is 6.41. The third-order valence-corrected chi connectivity index (χ3v) is 3.85. The lowest BCUT2D eigenvalue weighted by molar-refractivity contribution is -0.145. The van der Waals surface area contributed by atoms with Gasteiger partial charge in [0, 0.05) is 0 Å². The molecule has 6 heteroatoms. The van der Waals surface area contributed by atoms with Crippen LogP contribution in [0.3, 0.4) is 0 Å². The van der Waals surface area contributed by atoms with Crippen LogP contribution in [-0.2, 0) is 19.1 Å². The summed E-state index contributed by atoms with van der Waals surface area (Å²) in [7, 11) is 1.27. The van der Waals surface area contributed by atoms with Crippen molar-refractivity contribution in [1.82, 2.24) is 5.32 Å². The molecule has 0 saturated heterocycles. The van der Waals surface area contributed by atoms with Gasteiger partial charge < -0.3 is 14.8 Å². The number of nitrogens with one attached hydrogen (secondary N) is 1. The van der Waals surface area contributed by atoms with Crippen LogP contribution >= 0.6 is 0 Å². The molecule has 0 aliphatic rings. The molecule has 0 aromatic heterocycles. The number of amides is 1. The van der Waals surface area contributed by atoms with Crippen molar-refractivity contribution in [3.05, 3.63) is 48.0 Å². The number of hydrogen-bond donors (Lipinski definition) is 1. The minimum atomic E-state index is -0.758. The molecule has 0 bridgehead atoms. The minimum absolute atomic E-state index is 0.194. The summed E-state index contributed by atoms with van der Waals surface area (Å²) < 4.78 is 9.74. The Bertz CT molecular complexity index is 800. The second kappa shape index (κ2) is 8.99. The van der Waals surface area contributed by atoms with Crippen molar-refractivity contribution in [2.75, 3.05) is 13.7 Å². The Morgan fingerprint density at radius 1 is 1.04 bits per heavy atom. The molecule has 0 unspecified atom stereocenters. The van der Waals surface area contributed by atoms with Crippen LogP contribution in [0.15, 0.2) is 42.5 Å². The normalized spacial score (nSPS) is 11.8. The Balaban J connectivity index is 1.94. The largest absolute Gasteiger partial charge is 0.467 e. The standard InChI is InChI=1S/C20H23NO5/c1-13(2)10-17(20(24)25-3)21-18(22)12-26-19(23)16-9-8-14-6-4-5-7-15(14)11-16/h4-9,11,13,17H,10,12H2,1-3H3,(H,21,22)/t17-/m1/s1. The summed E-state index contributed by atoms with van der Waals surface area (Å²) in [6, 6.07) is 12.1. The monoisotopic (exact) mass is 357 g/mol. The Morgan fingerprint density at radius 3 is 2.38 bits per heavy atom. The highest BCUT2D eigenvalue weighted by Gasteiger charge is 2.23. The molecule has 2 rings (SSSR count). The van der Waals surface area contributed by atoms with E-state index in [-0.39, 0.29) is 5.92 Å². The van der Waals surface area contributed by atoms with Crippen molar-refractivity contribution in [3.63, 3.8) is 0 Å². The molecule has 1 amide bonds. The lowest BCUT2D eigenvalue weighted by Crippen LogP contribution is -2.44. The van der Waals surface area contributed by atoms with Crippen LogP contribution in [0.4, 0.5) is 0 Å². The number of carbonyl (C=O) groups excluding carboxylic acids is 3. The fourth-order valence-corrected chi connectivity index (χ4v) is 2.59. The quantitative estimate of drug-likeness (QED) is 0.771. The van der Waals surface area contributed by atoms with Gasteiger partial charge in [-0.15, -0.1) is 0 Å². The van der Waals surface area contributed by atoms with Gasteiger partial charge in [-0.25, -0.2) is 9.59 Å². The summed E-state index contributed by atoms with van der Waals surface area (Å²) in [5, 5.41) is 4.47. The molecule has 0 aliphatic carbocycles. The van der Waals surface area contributed by atoms with Gasteiger partial charge in [-0.2, -0.15) is 0 Å². The SMILES string of the molecule is COC(=O)[C@@H](CC(C)C)NC(=O)COC(=O)c1ccc2ccccc2c1. The van der Waals surface area contributed by atoms with Crippen LogP contribution < -0.4 is 5.32 Å². The van der Waals surface area contributed by atoms with Crippen molar-refractivity contribution in [2.24, 2.45) is 5.92 Å². The van der Waals surface area contributed by atoms with E-state index in [0.29, 0.717) is 12.0 Å². The summed E-state index contributed by atoms with van der Waals surface area (Å²) in [6.45, 7) is 3.40. The molecule has 2 aromatic rings. The minimum Gasteiger partial charge on any atom is -0.467 e. The van der Waals surface area contributed by atoms with Crippen LogP contribution in [0.5, 0.6) is 0 Å². The van der Waals surface area contributed by atoms with Crippen LogP contribution in [0.1, 0.15) is 30.6 Å². The number of methoxy groups -OCH3 is 1. The molecule has 26 heavy (non-hydrogen) atoms. The van der Waals surface area contributed by atoms with E-state index < -0.39 is 30.5 Å². The average Bonchev–Trinajstić information content (AvgIpc) is 2.64. The molecule has 0 saturated carbocycles. The van der Waals surface area contributed by atoms with Crippen LogP contribution in [0.2, 0.25) is 0 Å². The first-order valence-corrected chi connectivity index (χ1v) is 8.44. The highest BCUT2D eigenvalue weighted by molar-refractivity contribution is 5.96. The number of ether oxygens (including phenoxy) is 2. The number of esters is 2. The van der Waals surface area contributed by atoms with Gasteiger partial charge in [0.2, 0.25) is 0 Å². The second-order valence-electron chi connectivity index (χ2n) is 6.41. The molecule has 6 nitrogen and oxygen atoms in total. The summed E-state index contributed by atoms with van der Waals surface area (Å²) >= 11 is 0. The Hall–Kier alpha value is -2.89. The summed E-state index contributed by atoms with van der Waals surface area (Å²) in [4.78, 5) is 35.9. The highest BCUT2D eigenvalue weighted by atomic mass is 16.5. The van der Waals surface area contributed by atoms with Crippen LogP contribution in [-0.4, -0.2) is 37.6 Å². The number of benzene rings is 2. The topological polar surface area (TPSA) is 81.7 Å². The number of rotatable bonds is 7. The van der Waals surface area contributed by atoms with E-state index in [1.165, 1.54) is 7.11 Å². The summed E-state index contributed by atoms with van der Waals surface area (Å²) in [5.41, 5.74) is 0.364. The zero-order chi connectivity index (χ0) is 19.1. The van der Waals surface area contributed by atoms with E-state index in [2.05, 4.69) is 10.1 Å². The van der Waals surface area contributed by atoms with Crippen molar-refractivity contribution >= 4 is 28.6 Å². The van der Waals surface area contributed by atoms with Gasteiger partial charge in [0.1, 0.15) is 6.04 Å². The molecule has 1 atom stereocenters. The zero-order valence-electron chi connectivity index (χ0n) is 15.2. The first-order valence-electron chi connectivity index (χ1n) is 8.44. The van der Waals surface area contributed by atoms with Crippen LogP contribution in [0.25, 0.3) is 10.8 Å². The third kappa shape index (κ3) is 5.31. The number of hydrogen-bond acceptors (Lipinski definition) is 5. The predicted octanol–water partition coefficient (Wildman–Crippen LogP) is 2.70. The van der Waals surface area contributed by atoms with Gasteiger partial charge in [0.15, 0.2) is 6.61 Å². The molecule has 0 fully saturated rings. The van der Waals surface area contributed by atoms with Crippen molar-refractivity contribution in [3.8, 4) is 0 Å². The first kappa shape index (κ1) is 19.4. The predicted molar refractivity (Wildman–Crippen MR) is 97.6 cm³/mol. The summed E-state index contributed by atoms with van der Waals surface area (Å²) in [6.07, 6.45) is 0.442. The van der Waals surface area contributed by atoms with Gasteiger partial charge in [0.05, 0.1) is 12.7 Å². The number of fused-ring (bicyclic) bond motifs is 1. The van der Waals surface area contributed by atoms with E-state index >= 15 is 0 Å². The Kier molecular flexibility index (Phi) is 6.72. The van der Waals surface area contributed by atoms with Crippen LogP contribution in [0, 0.1) is 5.92 Å². The smallest absolute Gasteiger partial charge is 0.338 e. The third-order valence-electron chi connectivity index (χ3n) is 3.85. The van der Waals surface area contributed by atoms with Crippen molar-refractivity contribution in [1.29, 1.82) is 0 Å². The molecule has 138 valence electrons. The number of carbonyl (C=O) groups is 3. The molecule has 0 spiro atoms. The average molecular weight is 357 g/mol. The Morgan fingerprint density at radius 2 is 1.73 bits per heavy atom. The summed E-state index contributed by atoms with van der Waals surface area (Å²) in [5.74, 6) is -1.47. The van der Waals surface area contributed by atoms with Crippen molar-refractivity contribution in [2.45, 2.75) is 26.3 Å². The molecule has 2 aromatic carbocycles. The van der Waals surface area contributed by atoms with Gasteiger partial charge in [-0.3, -0.25) is 4.79 Å². The van der Waals surface area contributed by atoms with E-state index in [4.69, 9.17) is 4.74 Å². The van der Waals surface area contributed by atoms with Gasteiger partial charge >= 0.3 is 11.9 Å². The molecular formula is C20H23NO5.